The molecular weight excluding hydrogens is 829 g/mol. The molecule has 0 aromatic heterocycles. The largest absolute Gasteiger partial charge is 0.462 e. The predicted molar refractivity (Wildman–Crippen MR) is 289 cm³/mol. The number of unbranched alkanes of at least 4 members (excludes halogenated alkanes) is 36. The van der Waals surface area contributed by atoms with E-state index in [1.165, 1.54) is 193 Å². The molecule has 0 bridgehead atoms. The first-order chi connectivity index (χ1) is 33.0. The first-order valence-electron chi connectivity index (χ1n) is 29.2. The van der Waals surface area contributed by atoms with Gasteiger partial charge in [-0.15, -0.1) is 0 Å². The number of esters is 3. The van der Waals surface area contributed by atoms with Crippen molar-refractivity contribution < 1.29 is 28.6 Å². The van der Waals surface area contributed by atoms with Crippen LogP contribution in [0, 0.1) is 0 Å². The molecule has 0 saturated heterocycles. The van der Waals surface area contributed by atoms with Gasteiger partial charge in [-0.1, -0.05) is 262 Å². The van der Waals surface area contributed by atoms with Crippen molar-refractivity contribution in [1.82, 2.24) is 0 Å². The number of rotatable bonds is 53. The fourth-order valence-electron chi connectivity index (χ4n) is 8.43. The second-order valence-electron chi connectivity index (χ2n) is 19.6. The number of hydrogen-bond donors (Lipinski definition) is 0. The highest BCUT2D eigenvalue weighted by Crippen LogP contribution is 2.16. The van der Waals surface area contributed by atoms with E-state index in [1.807, 2.05) is 0 Å². The summed E-state index contributed by atoms with van der Waals surface area (Å²) in [6.07, 6.45) is 68.1. The Bertz CT molecular complexity index is 1170. The molecule has 0 rings (SSSR count). The van der Waals surface area contributed by atoms with E-state index in [4.69, 9.17) is 14.2 Å². The van der Waals surface area contributed by atoms with Crippen molar-refractivity contribution in [3.8, 4) is 0 Å². The van der Waals surface area contributed by atoms with Gasteiger partial charge in [0.15, 0.2) is 6.10 Å². The van der Waals surface area contributed by atoms with Gasteiger partial charge < -0.3 is 14.2 Å². The van der Waals surface area contributed by atoms with Crippen LogP contribution in [0.15, 0.2) is 48.6 Å². The summed E-state index contributed by atoms with van der Waals surface area (Å²) in [6.45, 7) is 6.60. The van der Waals surface area contributed by atoms with E-state index in [-0.39, 0.29) is 31.1 Å². The standard InChI is InChI=1S/C61H110O6/c1-4-7-10-13-16-19-22-25-28-29-30-31-34-36-39-42-45-48-51-54-60(63)66-57-58(67-61(64)55-52-49-46-43-40-37-33-27-24-21-18-15-12-9-6-3)56-65-59(62)53-50-47-44-41-38-35-32-26-23-20-17-14-11-8-5-2/h17-18,20-21,23-24,26-27,58H,4-16,19,22,25,28-57H2,1-3H3/b20-17-,21-18-,26-23-,27-24-. The van der Waals surface area contributed by atoms with Crippen molar-refractivity contribution in [3.63, 3.8) is 0 Å². The minimum atomic E-state index is -0.782. The van der Waals surface area contributed by atoms with Crippen molar-refractivity contribution in [3.05, 3.63) is 48.6 Å². The lowest BCUT2D eigenvalue weighted by molar-refractivity contribution is -0.167. The monoisotopic (exact) mass is 939 g/mol. The third-order valence-corrected chi connectivity index (χ3v) is 12.9. The fourth-order valence-corrected chi connectivity index (χ4v) is 8.43. The predicted octanol–water partition coefficient (Wildman–Crippen LogP) is 19.4. The Hall–Kier alpha value is -2.63. The molecule has 0 aliphatic carbocycles. The summed E-state index contributed by atoms with van der Waals surface area (Å²) in [5.41, 5.74) is 0. The molecule has 67 heavy (non-hydrogen) atoms. The average Bonchev–Trinajstić information content (AvgIpc) is 3.33. The van der Waals surface area contributed by atoms with Crippen LogP contribution >= 0.6 is 0 Å². The highest BCUT2D eigenvalue weighted by molar-refractivity contribution is 5.71. The molecule has 0 aliphatic heterocycles. The second-order valence-corrected chi connectivity index (χ2v) is 19.6. The average molecular weight is 940 g/mol. The van der Waals surface area contributed by atoms with E-state index >= 15 is 0 Å². The van der Waals surface area contributed by atoms with E-state index < -0.39 is 6.10 Å². The molecule has 1 atom stereocenters. The Labute approximate surface area is 416 Å². The molecule has 0 aliphatic rings. The van der Waals surface area contributed by atoms with Gasteiger partial charge in [0.05, 0.1) is 0 Å². The van der Waals surface area contributed by atoms with Gasteiger partial charge in [0, 0.05) is 19.3 Å². The van der Waals surface area contributed by atoms with Crippen LogP contribution in [0.25, 0.3) is 0 Å². The van der Waals surface area contributed by atoms with Gasteiger partial charge >= 0.3 is 17.9 Å². The number of carbonyl (C=O) groups excluding carboxylic acids is 3. The third kappa shape index (κ3) is 54.2. The minimum absolute atomic E-state index is 0.0789. The van der Waals surface area contributed by atoms with Crippen molar-refractivity contribution in [2.24, 2.45) is 0 Å². The van der Waals surface area contributed by atoms with Gasteiger partial charge in [-0.25, -0.2) is 0 Å². The number of ether oxygens (including phenoxy) is 3. The van der Waals surface area contributed by atoms with Gasteiger partial charge in [0.2, 0.25) is 0 Å². The summed E-state index contributed by atoms with van der Waals surface area (Å²) in [5, 5.41) is 0. The summed E-state index contributed by atoms with van der Waals surface area (Å²) in [5.74, 6) is -0.888. The van der Waals surface area contributed by atoms with Crippen molar-refractivity contribution in [1.29, 1.82) is 0 Å². The maximum absolute atomic E-state index is 12.8. The SMILES string of the molecule is CCCCC/C=C\C=C/CCCCCCCCC(=O)OCC(COC(=O)CCCCCCCCCCCCCCCCCCCCC)OC(=O)CCCCCCCC/C=C\C=C/CCCCC. The molecule has 0 N–H and O–H groups in total. The summed E-state index contributed by atoms with van der Waals surface area (Å²) in [7, 11) is 0. The zero-order valence-electron chi connectivity index (χ0n) is 44.7. The van der Waals surface area contributed by atoms with E-state index in [2.05, 4.69) is 69.4 Å². The molecule has 0 spiro atoms. The first kappa shape index (κ1) is 64.4. The maximum atomic E-state index is 12.8. The molecule has 0 heterocycles. The third-order valence-electron chi connectivity index (χ3n) is 12.9. The molecule has 0 aromatic carbocycles. The van der Waals surface area contributed by atoms with Crippen molar-refractivity contribution >= 4 is 17.9 Å². The molecule has 1 unspecified atom stereocenters. The van der Waals surface area contributed by atoms with Crippen LogP contribution in [0.5, 0.6) is 0 Å². The van der Waals surface area contributed by atoms with Crippen molar-refractivity contribution in [2.75, 3.05) is 13.2 Å². The van der Waals surface area contributed by atoms with Gasteiger partial charge in [-0.2, -0.15) is 0 Å². The lowest BCUT2D eigenvalue weighted by Gasteiger charge is -2.18. The molecular formula is C61H110O6. The van der Waals surface area contributed by atoms with E-state index in [9.17, 15) is 14.4 Å². The van der Waals surface area contributed by atoms with Crippen LogP contribution in [-0.2, 0) is 28.6 Å². The Morgan fingerprint density at radius 2 is 0.522 bits per heavy atom. The summed E-state index contributed by atoms with van der Waals surface area (Å²) in [6, 6.07) is 0. The van der Waals surface area contributed by atoms with Crippen LogP contribution in [0.2, 0.25) is 0 Å². The van der Waals surface area contributed by atoms with Gasteiger partial charge in [-0.3, -0.25) is 14.4 Å². The van der Waals surface area contributed by atoms with Gasteiger partial charge in [-0.05, 0) is 70.6 Å². The highest BCUT2D eigenvalue weighted by atomic mass is 16.6. The summed E-state index contributed by atoms with van der Waals surface area (Å²) >= 11 is 0. The van der Waals surface area contributed by atoms with Crippen LogP contribution in [0.1, 0.15) is 303 Å². The number of allylic oxidation sites excluding steroid dienone is 8. The Morgan fingerprint density at radius 3 is 0.821 bits per heavy atom. The molecule has 0 saturated carbocycles. The lowest BCUT2D eigenvalue weighted by Crippen LogP contribution is -2.30. The van der Waals surface area contributed by atoms with Crippen LogP contribution < -0.4 is 0 Å². The zero-order chi connectivity index (χ0) is 48.6. The Kier molecular flexibility index (Phi) is 53.8. The Morgan fingerprint density at radius 1 is 0.299 bits per heavy atom. The van der Waals surface area contributed by atoms with Crippen molar-refractivity contribution in [2.45, 2.75) is 309 Å². The minimum Gasteiger partial charge on any atom is -0.462 e. The smallest absolute Gasteiger partial charge is 0.306 e. The van der Waals surface area contributed by atoms with E-state index in [1.54, 1.807) is 0 Å². The molecule has 6 heteroatoms. The first-order valence-corrected chi connectivity index (χ1v) is 29.2. The summed E-state index contributed by atoms with van der Waals surface area (Å²) < 4.78 is 16.9. The van der Waals surface area contributed by atoms with Crippen LogP contribution in [-0.4, -0.2) is 37.2 Å². The van der Waals surface area contributed by atoms with Crippen LogP contribution in [0.4, 0.5) is 0 Å². The quantitative estimate of drug-likeness (QED) is 0.0262. The van der Waals surface area contributed by atoms with Gasteiger partial charge in [0.25, 0.3) is 0 Å². The zero-order valence-corrected chi connectivity index (χ0v) is 44.7. The maximum Gasteiger partial charge on any atom is 0.306 e. The van der Waals surface area contributed by atoms with E-state index in [0.717, 1.165) is 70.6 Å². The molecule has 6 nitrogen and oxygen atoms in total. The normalized spacial score (nSPS) is 12.3. The molecule has 0 amide bonds. The number of carbonyl (C=O) groups is 3. The Balaban J connectivity index is 4.35. The lowest BCUT2D eigenvalue weighted by atomic mass is 10.0. The topological polar surface area (TPSA) is 78.9 Å². The van der Waals surface area contributed by atoms with Gasteiger partial charge in [0.1, 0.15) is 13.2 Å². The molecule has 0 radical (unpaired) electrons. The molecule has 0 fully saturated rings. The number of hydrogen-bond acceptors (Lipinski definition) is 6. The highest BCUT2D eigenvalue weighted by Gasteiger charge is 2.19. The summed E-state index contributed by atoms with van der Waals surface area (Å²) in [4.78, 5) is 38.2. The molecule has 0 aromatic rings. The fraction of sp³-hybridized carbons (Fsp3) is 0.820. The van der Waals surface area contributed by atoms with E-state index in [0.29, 0.717) is 19.3 Å². The second kappa shape index (κ2) is 56.0. The molecule has 390 valence electrons. The van der Waals surface area contributed by atoms with Crippen LogP contribution in [0.3, 0.4) is 0 Å².